The number of amides is 1. The number of rotatable bonds is 4. The van der Waals surface area contributed by atoms with Crippen LogP contribution in [0.3, 0.4) is 0 Å². The number of carbonyl (C=O) groups excluding carboxylic acids is 1. The van der Waals surface area contributed by atoms with Crippen molar-refractivity contribution in [3.63, 3.8) is 0 Å². The van der Waals surface area contributed by atoms with E-state index in [2.05, 4.69) is 12.1 Å². The second kappa shape index (κ2) is 7.52. The average molecular weight is 323 g/mol. The zero-order chi connectivity index (χ0) is 16.9. The Morgan fingerprint density at radius 2 is 1.79 bits per heavy atom. The Hall–Kier alpha value is -2.29. The lowest BCUT2D eigenvalue weighted by atomic mass is 9.94. The molecule has 0 spiro atoms. The van der Waals surface area contributed by atoms with Crippen molar-refractivity contribution >= 4 is 22.8 Å². The maximum atomic E-state index is 12.4. The van der Waals surface area contributed by atoms with Crippen LogP contribution in [0.25, 0.3) is 16.8 Å². The molecule has 0 radical (unpaired) electrons. The van der Waals surface area contributed by atoms with E-state index in [1.165, 1.54) is 19.3 Å². The maximum absolute atomic E-state index is 12.4. The fourth-order valence-electron chi connectivity index (χ4n) is 3.41. The van der Waals surface area contributed by atoms with E-state index in [9.17, 15) is 4.79 Å². The molecule has 1 saturated carbocycles. The molecule has 0 bridgehead atoms. The minimum atomic E-state index is 0.0942. The Morgan fingerprint density at radius 1 is 1.08 bits per heavy atom. The lowest BCUT2D eigenvalue weighted by molar-refractivity contribution is -0.127. The van der Waals surface area contributed by atoms with Gasteiger partial charge in [-0.3, -0.25) is 4.79 Å². The second-order valence-corrected chi connectivity index (χ2v) is 6.55. The van der Waals surface area contributed by atoms with Crippen molar-refractivity contribution < 1.29 is 9.53 Å². The predicted octanol–water partition coefficient (Wildman–Crippen LogP) is 4.65. The summed E-state index contributed by atoms with van der Waals surface area (Å²) in [5.74, 6) is 0.951. The average Bonchev–Trinajstić information content (AvgIpc) is 2.65. The minimum Gasteiger partial charge on any atom is -0.497 e. The highest BCUT2D eigenvalue weighted by Gasteiger charge is 2.20. The molecule has 0 heterocycles. The fraction of sp³-hybridized carbons (Fsp3) is 0.381. The molecule has 3 nitrogen and oxygen atoms in total. The molecule has 126 valence electrons. The Bertz CT molecular complexity index is 745. The second-order valence-electron chi connectivity index (χ2n) is 6.55. The molecule has 0 aromatic heterocycles. The van der Waals surface area contributed by atoms with Crippen molar-refractivity contribution in [2.75, 3.05) is 14.2 Å². The molecule has 2 aromatic rings. The van der Waals surface area contributed by atoms with Gasteiger partial charge in [-0.25, -0.2) is 0 Å². The number of carbonyl (C=O) groups is 1. The first kappa shape index (κ1) is 16.6. The van der Waals surface area contributed by atoms with Gasteiger partial charge in [0.1, 0.15) is 5.75 Å². The molecule has 0 saturated heterocycles. The summed E-state index contributed by atoms with van der Waals surface area (Å²) < 4.78 is 5.25. The van der Waals surface area contributed by atoms with Crippen LogP contribution in [-0.2, 0) is 4.79 Å². The SMILES string of the molecule is COc1ccc2cc(C=CC(=O)N(C)C3CCCCC3)ccc2c1. The van der Waals surface area contributed by atoms with E-state index in [0.29, 0.717) is 6.04 Å². The third kappa shape index (κ3) is 3.78. The topological polar surface area (TPSA) is 29.5 Å². The van der Waals surface area contributed by atoms with Gasteiger partial charge < -0.3 is 9.64 Å². The molecule has 1 aliphatic rings. The van der Waals surface area contributed by atoms with Gasteiger partial charge >= 0.3 is 0 Å². The first-order chi connectivity index (χ1) is 11.7. The van der Waals surface area contributed by atoms with Crippen molar-refractivity contribution in [3.05, 3.63) is 48.0 Å². The number of ether oxygens (including phenoxy) is 1. The van der Waals surface area contributed by atoms with Crippen LogP contribution in [0.2, 0.25) is 0 Å². The number of hydrogen-bond acceptors (Lipinski definition) is 2. The molecule has 1 fully saturated rings. The lowest BCUT2D eigenvalue weighted by Gasteiger charge is -2.30. The molecule has 0 aliphatic heterocycles. The Balaban J connectivity index is 1.71. The number of methoxy groups -OCH3 is 1. The highest BCUT2D eigenvalue weighted by atomic mass is 16.5. The first-order valence-electron chi connectivity index (χ1n) is 8.70. The van der Waals surface area contributed by atoms with Crippen LogP contribution in [0.1, 0.15) is 37.7 Å². The van der Waals surface area contributed by atoms with Gasteiger partial charge in [-0.2, -0.15) is 0 Å². The van der Waals surface area contributed by atoms with Crippen LogP contribution < -0.4 is 4.74 Å². The van der Waals surface area contributed by atoms with Gasteiger partial charge in [-0.15, -0.1) is 0 Å². The van der Waals surface area contributed by atoms with Crippen molar-refractivity contribution in [3.8, 4) is 5.75 Å². The molecule has 1 amide bonds. The van der Waals surface area contributed by atoms with E-state index in [0.717, 1.165) is 34.9 Å². The summed E-state index contributed by atoms with van der Waals surface area (Å²) in [6.07, 6.45) is 9.64. The molecule has 0 unspecified atom stereocenters. The predicted molar refractivity (Wildman–Crippen MR) is 99.2 cm³/mol. The largest absolute Gasteiger partial charge is 0.497 e. The summed E-state index contributed by atoms with van der Waals surface area (Å²) in [7, 11) is 3.60. The molecule has 24 heavy (non-hydrogen) atoms. The van der Waals surface area contributed by atoms with Crippen molar-refractivity contribution in [2.45, 2.75) is 38.1 Å². The molecule has 0 atom stereocenters. The molecule has 2 aromatic carbocycles. The zero-order valence-electron chi connectivity index (χ0n) is 14.5. The highest BCUT2D eigenvalue weighted by Crippen LogP contribution is 2.23. The standard InChI is InChI=1S/C21H25NO2/c1-22(19-6-4-3-5-7-19)21(23)13-9-16-8-10-18-15-20(24-2)12-11-17(18)14-16/h8-15,19H,3-7H2,1-2H3. The maximum Gasteiger partial charge on any atom is 0.246 e. The first-order valence-corrected chi connectivity index (χ1v) is 8.70. The summed E-state index contributed by atoms with van der Waals surface area (Å²) in [6.45, 7) is 0. The smallest absolute Gasteiger partial charge is 0.246 e. The quantitative estimate of drug-likeness (QED) is 0.766. The molecule has 3 heteroatoms. The van der Waals surface area contributed by atoms with E-state index in [1.807, 2.05) is 42.3 Å². The van der Waals surface area contributed by atoms with E-state index < -0.39 is 0 Å². The van der Waals surface area contributed by atoms with Crippen LogP contribution >= 0.6 is 0 Å². The summed E-state index contributed by atoms with van der Waals surface area (Å²) in [5.41, 5.74) is 1.04. The van der Waals surface area contributed by atoms with Crippen LogP contribution in [0.15, 0.2) is 42.5 Å². The zero-order valence-corrected chi connectivity index (χ0v) is 14.5. The number of fused-ring (bicyclic) bond motifs is 1. The van der Waals surface area contributed by atoms with E-state index in [-0.39, 0.29) is 5.91 Å². The molecule has 1 aliphatic carbocycles. The van der Waals surface area contributed by atoms with Crippen molar-refractivity contribution in [1.29, 1.82) is 0 Å². The van der Waals surface area contributed by atoms with Gasteiger partial charge in [0.15, 0.2) is 0 Å². The van der Waals surface area contributed by atoms with E-state index in [4.69, 9.17) is 4.74 Å². The molecular weight excluding hydrogens is 298 g/mol. The Labute approximate surface area is 143 Å². The van der Waals surface area contributed by atoms with Crippen molar-refractivity contribution in [2.24, 2.45) is 0 Å². The highest BCUT2D eigenvalue weighted by molar-refractivity contribution is 5.93. The van der Waals surface area contributed by atoms with Crippen LogP contribution in [0.5, 0.6) is 5.75 Å². The third-order valence-corrected chi connectivity index (χ3v) is 4.96. The number of hydrogen-bond donors (Lipinski definition) is 0. The number of nitrogens with zero attached hydrogens (tertiary/aromatic N) is 1. The summed E-state index contributed by atoms with van der Waals surface area (Å²) in [5, 5.41) is 2.28. The minimum absolute atomic E-state index is 0.0942. The van der Waals surface area contributed by atoms with Gasteiger partial charge in [0.2, 0.25) is 5.91 Å². The van der Waals surface area contributed by atoms with Crippen LogP contribution in [0.4, 0.5) is 0 Å². The lowest BCUT2D eigenvalue weighted by Crippen LogP contribution is -2.37. The number of benzene rings is 2. The van der Waals surface area contributed by atoms with Gasteiger partial charge in [0.25, 0.3) is 0 Å². The Morgan fingerprint density at radius 3 is 2.54 bits per heavy atom. The molecule has 0 N–H and O–H groups in total. The summed E-state index contributed by atoms with van der Waals surface area (Å²) in [6, 6.07) is 12.6. The van der Waals surface area contributed by atoms with E-state index in [1.54, 1.807) is 13.2 Å². The van der Waals surface area contributed by atoms with Gasteiger partial charge in [-0.1, -0.05) is 37.5 Å². The summed E-state index contributed by atoms with van der Waals surface area (Å²) in [4.78, 5) is 14.3. The van der Waals surface area contributed by atoms with Gasteiger partial charge in [0.05, 0.1) is 7.11 Å². The number of likely N-dealkylation sites (N-methyl/N-ethyl adjacent to an activating group) is 1. The molecular formula is C21H25NO2. The van der Waals surface area contributed by atoms with Crippen LogP contribution in [-0.4, -0.2) is 31.0 Å². The van der Waals surface area contributed by atoms with Crippen LogP contribution in [0, 0.1) is 0 Å². The molecule has 3 rings (SSSR count). The van der Waals surface area contributed by atoms with Gasteiger partial charge in [-0.05, 0) is 53.5 Å². The monoisotopic (exact) mass is 323 g/mol. The summed E-state index contributed by atoms with van der Waals surface area (Å²) >= 11 is 0. The normalized spacial score (nSPS) is 15.8. The van der Waals surface area contributed by atoms with Gasteiger partial charge in [0, 0.05) is 19.2 Å². The van der Waals surface area contributed by atoms with Crippen molar-refractivity contribution in [1.82, 2.24) is 4.90 Å². The fourth-order valence-corrected chi connectivity index (χ4v) is 3.41. The van der Waals surface area contributed by atoms with E-state index >= 15 is 0 Å². The Kier molecular flexibility index (Phi) is 5.19. The third-order valence-electron chi connectivity index (χ3n) is 4.96.